The molecular formula is C20H22BrFN6O. The van der Waals surface area contributed by atoms with Crippen molar-refractivity contribution >= 4 is 27.5 Å². The van der Waals surface area contributed by atoms with Crippen molar-refractivity contribution in [3.05, 3.63) is 63.9 Å². The van der Waals surface area contributed by atoms with Gasteiger partial charge in [-0.15, -0.1) is 0 Å². The van der Waals surface area contributed by atoms with Crippen LogP contribution in [0.3, 0.4) is 0 Å². The molecule has 0 unspecified atom stereocenters. The Kier molecular flexibility index (Phi) is 5.40. The smallest absolute Gasteiger partial charge is 0.274 e. The predicted molar refractivity (Wildman–Crippen MR) is 112 cm³/mol. The monoisotopic (exact) mass is 460 g/mol. The number of benzene rings is 1. The molecule has 1 saturated heterocycles. The number of hydrogen-bond donors (Lipinski definition) is 0. The average Bonchev–Trinajstić information content (AvgIpc) is 3.29. The van der Waals surface area contributed by atoms with Crippen molar-refractivity contribution in [3.8, 4) is 0 Å². The van der Waals surface area contributed by atoms with Crippen LogP contribution in [0.1, 0.15) is 21.9 Å². The van der Waals surface area contributed by atoms with Gasteiger partial charge in [0.1, 0.15) is 18.2 Å². The Hall–Kier alpha value is -2.68. The number of para-hydroxylation sites is 1. The summed E-state index contributed by atoms with van der Waals surface area (Å²) in [6.45, 7) is 6.60. The fraction of sp³-hybridized carbons (Fsp3) is 0.350. The number of hydrogen-bond acceptors (Lipinski definition) is 4. The summed E-state index contributed by atoms with van der Waals surface area (Å²) in [5.74, 6) is -0.340. The van der Waals surface area contributed by atoms with Crippen LogP contribution in [-0.2, 0) is 6.67 Å². The van der Waals surface area contributed by atoms with Gasteiger partial charge in [-0.25, -0.2) is 9.07 Å². The lowest BCUT2D eigenvalue weighted by Gasteiger charge is -2.35. The van der Waals surface area contributed by atoms with Gasteiger partial charge in [-0.05, 0) is 48.0 Å². The first-order chi connectivity index (χ1) is 13.9. The Balaban J connectivity index is 1.40. The second-order valence-electron chi connectivity index (χ2n) is 7.10. The maximum absolute atomic E-state index is 14.0. The third-order valence-corrected chi connectivity index (χ3v) is 6.34. The highest BCUT2D eigenvalue weighted by Crippen LogP contribution is 2.21. The second kappa shape index (κ2) is 7.98. The molecule has 0 radical (unpaired) electrons. The molecule has 0 bridgehead atoms. The van der Waals surface area contributed by atoms with Gasteiger partial charge in [-0.3, -0.25) is 9.48 Å². The Morgan fingerprint density at radius 2 is 1.83 bits per heavy atom. The molecular weight excluding hydrogens is 439 g/mol. The molecule has 3 heterocycles. The van der Waals surface area contributed by atoms with E-state index in [2.05, 4.69) is 26.1 Å². The first-order valence-corrected chi connectivity index (χ1v) is 10.2. The molecule has 29 heavy (non-hydrogen) atoms. The van der Waals surface area contributed by atoms with Gasteiger partial charge >= 0.3 is 0 Å². The zero-order chi connectivity index (χ0) is 20.5. The van der Waals surface area contributed by atoms with Gasteiger partial charge in [0.2, 0.25) is 0 Å². The largest absolute Gasteiger partial charge is 0.366 e. The Bertz CT molecular complexity index is 1040. The predicted octanol–water partition coefficient (Wildman–Crippen LogP) is 3.07. The minimum atomic E-state index is -0.234. The molecule has 1 amide bonds. The van der Waals surface area contributed by atoms with E-state index in [4.69, 9.17) is 0 Å². The van der Waals surface area contributed by atoms with E-state index in [0.717, 1.165) is 15.9 Å². The molecule has 1 aliphatic rings. The first kappa shape index (κ1) is 19.6. The molecule has 7 nitrogen and oxygen atoms in total. The van der Waals surface area contributed by atoms with E-state index < -0.39 is 0 Å². The van der Waals surface area contributed by atoms with Crippen LogP contribution in [0.4, 0.5) is 10.1 Å². The highest BCUT2D eigenvalue weighted by Gasteiger charge is 2.25. The molecule has 0 aliphatic carbocycles. The van der Waals surface area contributed by atoms with E-state index >= 15 is 0 Å². The maximum Gasteiger partial charge on any atom is 0.274 e. The maximum atomic E-state index is 14.0. The van der Waals surface area contributed by atoms with E-state index in [1.165, 1.54) is 6.07 Å². The SMILES string of the molecule is Cc1nn(Cn2ccc(C(=O)N3CCN(c4ccccc4F)CC3)n2)c(C)c1Br. The molecule has 4 rings (SSSR count). The van der Waals surface area contributed by atoms with Crippen molar-refractivity contribution in [1.82, 2.24) is 24.5 Å². The fourth-order valence-electron chi connectivity index (χ4n) is 3.53. The highest BCUT2D eigenvalue weighted by molar-refractivity contribution is 9.10. The summed E-state index contributed by atoms with van der Waals surface area (Å²) in [5, 5.41) is 8.90. The molecule has 9 heteroatoms. The summed E-state index contributed by atoms with van der Waals surface area (Å²) in [4.78, 5) is 16.6. The van der Waals surface area contributed by atoms with E-state index in [9.17, 15) is 9.18 Å². The molecule has 152 valence electrons. The Morgan fingerprint density at radius 1 is 1.10 bits per heavy atom. The van der Waals surface area contributed by atoms with Gasteiger partial charge < -0.3 is 9.80 Å². The van der Waals surface area contributed by atoms with Gasteiger partial charge in [-0.1, -0.05) is 12.1 Å². The molecule has 0 spiro atoms. The van der Waals surface area contributed by atoms with Crippen molar-refractivity contribution in [2.24, 2.45) is 0 Å². The summed E-state index contributed by atoms with van der Waals surface area (Å²) in [6.07, 6.45) is 1.78. The topological polar surface area (TPSA) is 59.2 Å². The summed E-state index contributed by atoms with van der Waals surface area (Å²) < 4.78 is 18.5. The third kappa shape index (κ3) is 3.91. The van der Waals surface area contributed by atoms with Crippen LogP contribution in [0.5, 0.6) is 0 Å². The number of carbonyl (C=O) groups is 1. The van der Waals surface area contributed by atoms with Crippen LogP contribution in [-0.4, -0.2) is 56.5 Å². The quantitative estimate of drug-likeness (QED) is 0.600. The number of rotatable bonds is 4. The van der Waals surface area contributed by atoms with Gasteiger partial charge in [0.05, 0.1) is 21.5 Å². The number of halogens is 2. The van der Waals surface area contributed by atoms with Crippen molar-refractivity contribution in [2.75, 3.05) is 31.1 Å². The van der Waals surface area contributed by atoms with Crippen LogP contribution >= 0.6 is 15.9 Å². The van der Waals surface area contributed by atoms with E-state index in [0.29, 0.717) is 44.2 Å². The van der Waals surface area contributed by atoms with Gasteiger partial charge in [0.15, 0.2) is 0 Å². The summed E-state index contributed by atoms with van der Waals surface area (Å²) in [5.41, 5.74) is 2.92. The Labute approximate surface area is 176 Å². The Morgan fingerprint density at radius 3 is 2.48 bits per heavy atom. The van der Waals surface area contributed by atoms with E-state index in [1.54, 1.807) is 34.0 Å². The number of aryl methyl sites for hydroxylation is 1. The summed E-state index contributed by atoms with van der Waals surface area (Å²) in [7, 11) is 0. The lowest BCUT2D eigenvalue weighted by atomic mass is 10.2. The van der Waals surface area contributed by atoms with E-state index in [-0.39, 0.29) is 11.7 Å². The minimum absolute atomic E-state index is 0.105. The van der Waals surface area contributed by atoms with Crippen molar-refractivity contribution < 1.29 is 9.18 Å². The normalized spacial score (nSPS) is 14.5. The number of amides is 1. The van der Waals surface area contributed by atoms with Crippen molar-refractivity contribution in [2.45, 2.75) is 20.5 Å². The fourth-order valence-corrected chi connectivity index (χ4v) is 3.81. The number of carbonyl (C=O) groups excluding carboxylic acids is 1. The molecule has 1 fully saturated rings. The van der Waals surface area contributed by atoms with Crippen LogP contribution in [0.25, 0.3) is 0 Å². The number of aromatic nitrogens is 4. The lowest BCUT2D eigenvalue weighted by molar-refractivity contribution is 0.0739. The zero-order valence-electron chi connectivity index (χ0n) is 16.3. The first-order valence-electron chi connectivity index (χ1n) is 9.46. The van der Waals surface area contributed by atoms with Crippen LogP contribution in [0, 0.1) is 19.7 Å². The molecule has 1 aliphatic heterocycles. The van der Waals surface area contributed by atoms with Gasteiger partial charge in [0.25, 0.3) is 5.91 Å². The molecule has 0 N–H and O–H groups in total. The summed E-state index contributed by atoms with van der Waals surface area (Å²) in [6, 6.07) is 8.46. The molecule has 0 atom stereocenters. The second-order valence-corrected chi connectivity index (χ2v) is 7.89. The van der Waals surface area contributed by atoms with Crippen LogP contribution < -0.4 is 4.90 Å². The van der Waals surface area contributed by atoms with Gasteiger partial charge in [-0.2, -0.15) is 10.2 Å². The van der Waals surface area contributed by atoms with Crippen LogP contribution in [0.15, 0.2) is 41.0 Å². The van der Waals surface area contributed by atoms with Crippen molar-refractivity contribution in [3.63, 3.8) is 0 Å². The molecule has 0 saturated carbocycles. The molecule has 1 aromatic carbocycles. The zero-order valence-corrected chi connectivity index (χ0v) is 17.9. The molecule has 3 aromatic rings. The molecule has 2 aromatic heterocycles. The standard InChI is InChI=1S/C20H22BrFN6O/c1-14-19(21)15(2)28(23-14)13-27-8-7-17(24-27)20(29)26-11-9-25(10-12-26)18-6-4-3-5-16(18)22/h3-8H,9-13H2,1-2H3. The van der Waals surface area contributed by atoms with Crippen molar-refractivity contribution in [1.29, 1.82) is 0 Å². The highest BCUT2D eigenvalue weighted by atomic mass is 79.9. The summed E-state index contributed by atoms with van der Waals surface area (Å²) >= 11 is 3.52. The average molecular weight is 461 g/mol. The third-order valence-electron chi connectivity index (χ3n) is 5.19. The van der Waals surface area contributed by atoms with Gasteiger partial charge in [0, 0.05) is 32.4 Å². The van der Waals surface area contributed by atoms with E-state index in [1.807, 2.05) is 29.5 Å². The lowest BCUT2D eigenvalue weighted by Crippen LogP contribution is -2.49. The minimum Gasteiger partial charge on any atom is -0.366 e. The number of nitrogens with zero attached hydrogens (tertiary/aromatic N) is 6. The number of piperazine rings is 1. The van der Waals surface area contributed by atoms with Crippen LogP contribution in [0.2, 0.25) is 0 Å². The number of anilines is 1.